The van der Waals surface area contributed by atoms with Crippen LogP contribution in [0.15, 0.2) is 95.7 Å². The molecule has 0 radical (unpaired) electrons. The van der Waals surface area contributed by atoms with Crippen LogP contribution in [0.1, 0.15) is 74.3 Å². The summed E-state index contributed by atoms with van der Waals surface area (Å²) < 4.78 is 11.7. The number of halogens is 5. The minimum absolute atomic E-state index is 0. The van der Waals surface area contributed by atoms with Crippen molar-refractivity contribution in [2.75, 3.05) is 63.1 Å². The molecule has 2 atom stereocenters. The van der Waals surface area contributed by atoms with Gasteiger partial charge in [0.2, 0.25) is 5.28 Å². The van der Waals surface area contributed by atoms with Crippen molar-refractivity contribution in [1.82, 2.24) is 29.7 Å². The van der Waals surface area contributed by atoms with E-state index in [9.17, 15) is 0 Å². The Morgan fingerprint density at radius 1 is 0.622 bits per heavy atom. The van der Waals surface area contributed by atoms with E-state index in [4.69, 9.17) is 87.5 Å². The maximum atomic E-state index is 9.02. The van der Waals surface area contributed by atoms with Crippen LogP contribution in [0.25, 0.3) is 31.8 Å². The molecule has 74 heavy (non-hydrogen) atoms. The largest absolute Gasteiger partial charge is 0.488 e. The molecule has 6 heterocycles. The van der Waals surface area contributed by atoms with Gasteiger partial charge in [0, 0.05) is 64.9 Å². The molecular formula is C54H62BCl5N8O4S2. The second kappa shape index (κ2) is 27.8. The zero-order chi connectivity index (χ0) is 50.9. The smallest absolute Gasteiger partial charge is 0.423 e. The third kappa shape index (κ3) is 15.1. The Morgan fingerprint density at radius 3 is 1.54 bits per heavy atom. The van der Waals surface area contributed by atoms with E-state index < -0.39 is 7.12 Å². The van der Waals surface area contributed by atoms with E-state index in [0.29, 0.717) is 44.5 Å². The van der Waals surface area contributed by atoms with Crippen LogP contribution < -0.4 is 16.1 Å². The summed E-state index contributed by atoms with van der Waals surface area (Å²) in [6, 6.07) is 26.7. The van der Waals surface area contributed by atoms with Crippen LogP contribution in [0.5, 0.6) is 0 Å². The number of fused-ring (bicyclic) bond motifs is 2. The minimum atomic E-state index is -1.40. The molecule has 2 unspecified atom stereocenters. The van der Waals surface area contributed by atoms with Gasteiger partial charge in [0.15, 0.2) is 5.82 Å². The van der Waals surface area contributed by atoms with E-state index in [1.807, 2.05) is 48.7 Å². The Hall–Kier alpha value is -4.17. The molecule has 0 amide bonds. The number of hydrogen-bond acceptors (Lipinski definition) is 14. The highest BCUT2D eigenvalue weighted by atomic mass is 35.5. The molecule has 0 bridgehead atoms. The van der Waals surface area contributed by atoms with Gasteiger partial charge < -0.3 is 30.2 Å². The van der Waals surface area contributed by atoms with Crippen molar-refractivity contribution in [3.63, 3.8) is 0 Å². The number of hydrogen-bond donors (Lipinski definition) is 4. The first kappa shape index (κ1) is 59.1. The number of morpholine rings is 2. The molecule has 8 aromatic rings. The summed E-state index contributed by atoms with van der Waals surface area (Å²) in [4.78, 5) is 24.9. The van der Waals surface area contributed by atoms with Gasteiger partial charge >= 0.3 is 7.12 Å². The number of anilines is 2. The van der Waals surface area contributed by atoms with Crippen molar-refractivity contribution in [1.29, 1.82) is 0 Å². The number of thiophene rings is 2. The predicted molar refractivity (Wildman–Crippen MR) is 314 cm³/mol. The molecule has 20 heteroatoms. The van der Waals surface area contributed by atoms with Crippen LogP contribution in [0, 0.1) is 13.8 Å². The van der Waals surface area contributed by atoms with Crippen LogP contribution in [0.4, 0.5) is 11.6 Å². The Balaban J connectivity index is 0.000000192. The molecule has 2 aliphatic rings. The molecule has 4 N–H and O–H groups in total. The van der Waals surface area contributed by atoms with Crippen LogP contribution in [-0.4, -0.2) is 99.4 Å². The van der Waals surface area contributed by atoms with E-state index in [-0.39, 0.29) is 32.3 Å². The molecule has 0 aliphatic carbocycles. The number of aromatic nitrogens is 4. The summed E-state index contributed by atoms with van der Waals surface area (Å²) in [6.45, 7) is 16.9. The fourth-order valence-electron chi connectivity index (χ4n) is 8.33. The summed E-state index contributed by atoms with van der Waals surface area (Å²) in [5.41, 5.74) is 7.95. The second-order valence-corrected chi connectivity index (χ2v) is 21.0. The molecule has 0 saturated carbocycles. The number of nitrogens with one attached hydrogen (secondary N) is 2. The van der Waals surface area contributed by atoms with Gasteiger partial charge in [-0.3, -0.25) is 9.80 Å². The van der Waals surface area contributed by atoms with Gasteiger partial charge in [-0.05, 0) is 112 Å². The van der Waals surface area contributed by atoms with Crippen molar-refractivity contribution in [3.05, 3.63) is 154 Å². The molecule has 4 aromatic heterocycles. The fraction of sp³-hybridized carbons (Fsp3) is 0.333. The van der Waals surface area contributed by atoms with Crippen LogP contribution >= 0.6 is 80.7 Å². The number of likely N-dealkylation sites (N-methyl/N-ethyl adjacent to an activating group) is 2. The molecule has 392 valence electrons. The van der Waals surface area contributed by atoms with Gasteiger partial charge in [0.1, 0.15) is 21.3 Å². The van der Waals surface area contributed by atoms with E-state index in [1.54, 1.807) is 46.9 Å². The van der Waals surface area contributed by atoms with Crippen molar-refractivity contribution < 1.29 is 19.5 Å². The highest BCUT2D eigenvalue weighted by Crippen LogP contribution is 2.35. The summed E-state index contributed by atoms with van der Waals surface area (Å²) >= 11 is 33.6. The monoisotopic (exact) mass is 1140 g/mol. The van der Waals surface area contributed by atoms with Gasteiger partial charge in [-0.1, -0.05) is 136 Å². The third-order valence-corrected chi connectivity index (χ3v) is 15.8. The van der Waals surface area contributed by atoms with Crippen molar-refractivity contribution in [3.8, 4) is 11.4 Å². The molecule has 0 spiro atoms. The van der Waals surface area contributed by atoms with Crippen molar-refractivity contribution in [2.45, 2.75) is 67.8 Å². The summed E-state index contributed by atoms with van der Waals surface area (Å²) in [7, 11) is -1.40. The third-order valence-electron chi connectivity index (χ3n) is 12.5. The number of benzene rings is 4. The highest BCUT2D eigenvalue weighted by Gasteiger charge is 2.23. The predicted octanol–water partition coefficient (Wildman–Crippen LogP) is 13.6. The molecule has 10 rings (SSSR count). The fourth-order valence-corrected chi connectivity index (χ4v) is 11.3. The van der Waals surface area contributed by atoms with Gasteiger partial charge in [-0.25, -0.2) is 19.9 Å². The Kier molecular flexibility index (Phi) is 22.2. The maximum absolute atomic E-state index is 9.02. The second-order valence-electron chi connectivity index (χ2n) is 17.3. The molecule has 2 saturated heterocycles. The first-order valence-corrected chi connectivity index (χ1v) is 27.2. The van der Waals surface area contributed by atoms with Gasteiger partial charge in [-0.15, -0.1) is 22.7 Å². The van der Waals surface area contributed by atoms with E-state index in [0.717, 1.165) is 118 Å². The van der Waals surface area contributed by atoms with Gasteiger partial charge in [0.05, 0.1) is 36.2 Å². The molecule has 12 nitrogen and oxygen atoms in total. The maximum Gasteiger partial charge on any atom is 0.488 e. The SMILES string of the molecule is C.C.CCN1CCOC(c2ccc(-c3nc(NCc4ccc(Cl)cc4Cl)c4c(C)csc4n3)cc2)C1.CCN1CCOC(c2ccc(B(O)O)cc2)C1.Cc1csc2nc(Cl)nc(NCc3ccc(Cl)cc3Cl)c12. The number of aryl methyl sites for hydroxylation is 2. The number of nitrogens with zero attached hydrogens (tertiary/aromatic N) is 6. The molecule has 2 fully saturated rings. The highest BCUT2D eigenvalue weighted by molar-refractivity contribution is 7.17. The number of rotatable bonds is 12. The normalized spacial score (nSPS) is 15.8. The van der Waals surface area contributed by atoms with Crippen molar-refractivity contribution in [2.24, 2.45) is 0 Å². The first-order valence-electron chi connectivity index (χ1n) is 23.5. The standard InChI is InChI=1S/C26H26Cl2N4OS.C14H10Cl3N3S.C12H18BNO3.2CH4/c1-3-32-10-11-33-22(14-32)17-4-6-18(7-5-17)24-30-25(23-16(2)15-34-26(23)31-24)29-13-19-8-9-20(27)12-21(19)28;1-7-6-21-13-11(7)12(19-14(17)20-13)18-5-8-2-3-9(15)4-10(8)16;1-2-14-7-8-17-12(9-14)10-3-5-11(6-4-10)13(15)16;;/h4-9,12,15,22H,3,10-11,13-14H2,1-2H3,(H,29,30,31);2-4,6H,5H2,1H3,(H,18,19,20);3-6,12,15-16H,2,7-9H2,1H3;2*1H4. The Bertz CT molecular complexity index is 3100. The van der Waals surface area contributed by atoms with Crippen LogP contribution in [-0.2, 0) is 22.6 Å². The number of ether oxygens (including phenoxy) is 2. The quantitative estimate of drug-likeness (QED) is 0.0684. The zero-order valence-corrected chi connectivity index (χ0v) is 45.6. The summed E-state index contributed by atoms with van der Waals surface area (Å²) in [5.74, 6) is 2.23. The van der Waals surface area contributed by atoms with Gasteiger partial charge in [0.25, 0.3) is 0 Å². The van der Waals surface area contributed by atoms with E-state index >= 15 is 0 Å². The lowest BCUT2D eigenvalue weighted by Crippen LogP contribution is -2.38. The molecular weight excluding hydrogens is 1080 g/mol. The van der Waals surface area contributed by atoms with Crippen molar-refractivity contribution >= 4 is 125 Å². The van der Waals surface area contributed by atoms with Crippen LogP contribution in [0.3, 0.4) is 0 Å². The minimum Gasteiger partial charge on any atom is -0.423 e. The Morgan fingerprint density at radius 2 is 1.08 bits per heavy atom. The lowest BCUT2D eigenvalue weighted by atomic mass is 9.80. The lowest BCUT2D eigenvalue weighted by Gasteiger charge is -2.32. The molecule has 4 aromatic carbocycles. The summed E-state index contributed by atoms with van der Waals surface area (Å²) in [6.07, 6.45) is 0.195. The first-order chi connectivity index (χ1) is 34.8. The van der Waals surface area contributed by atoms with Crippen LogP contribution in [0.2, 0.25) is 25.4 Å². The average Bonchev–Trinajstić information content (AvgIpc) is 3.96. The average molecular weight is 1140 g/mol. The topological polar surface area (TPSA) is 141 Å². The van der Waals surface area contributed by atoms with E-state index in [2.05, 4.69) is 80.8 Å². The summed E-state index contributed by atoms with van der Waals surface area (Å²) in [5, 5.41) is 33.7. The lowest BCUT2D eigenvalue weighted by molar-refractivity contribution is -0.0282. The Labute approximate surface area is 468 Å². The van der Waals surface area contributed by atoms with E-state index in [1.165, 1.54) is 5.56 Å². The molecule has 2 aliphatic heterocycles. The zero-order valence-electron chi connectivity index (χ0n) is 40.1. The van der Waals surface area contributed by atoms with Gasteiger partial charge in [-0.2, -0.15) is 0 Å².